The van der Waals surface area contributed by atoms with Crippen molar-refractivity contribution < 1.29 is 8.78 Å². The molecule has 0 aliphatic carbocycles. The number of nitrogens with two attached hydrogens (primary N) is 1. The maximum absolute atomic E-state index is 12.5. The van der Waals surface area contributed by atoms with E-state index < -0.39 is 12.0 Å². The van der Waals surface area contributed by atoms with Gasteiger partial charge in [0, 0.05) is 11.9 Å². The summed E-state index contributed by atoms with van der Waals surface area (Å²) in [6.45, 7) is 3.14. The van der Waals surface area contributed by atoms with Gasteiger partial charge in [0.25, 0.3) is 6.43 Å². The second-order valence-electron chi connectivity index (χ2n) is 3.73. The van der Waals surface area contributed by atoms with Crippen LogP contribution in [0, 0.1) is 6.92 Å². The van der Waals surface area contributed by atoms with E-state index in [1.165, 1.54) is 6.92 Å². The van der Waals surface area contributed by atoms with Crippen molar-refractivity contribution in [2.24, 2.45) is 5.73 Å². The molecule has 0 aliphatic rings. The standard InChI is InChI=1S/C10H14F2N2/c1-7-8(4-3-5-14-7)6-10(2,13)9(11)12/h3-5,9H,6,13H2,1-2H3. The highest BCUT2D eigenvalue weighted by molar-refractivity contribution is 5.21. The van der Waals surface area contributed by atoms with Crippen molar-refractivity contribution in [1.82, 2.24) is 4.98 Å². The lowest BCUT2D eigenvalue weighted by Crippen LogP contribution is -2.46. The highest BCUT2D eigenvalue weighted by Crippen LogP contribution is 2.19. The number of hydrogen-bond donors (Lipinski definition) is 1. The molecule has 2 N–H and O–H groups in total. The Morgan fingerprint density at radius 2 is 2.21 bits per heavy atom. The smallest absolute Gasteiger partial charge is 0.256 e. The van der Waals surface area contributed by atoms with Crippen molar-refractivity contribution in [3.63, 3.8) is 0 Å². The topological polar surface area (TPSA) is 38.9 Å². The normalized spacial score (nSPS) is 15.6. The highest BCUT2D eigenvalue weighted by atomic mass is 19.3. The number of nitrogens with zero attached hydrogens (tertiary/aromatic N) is 1. The van der Waals surface area contributed by atoms with Gasteiger partial charge in [0.15, 0.2) is 0 Å². The molecule has 4 heteroatoms. The molecule has 2 nitrogen and oxygen atoms in total. The van der Waals surface area contributed by atoms with E-state index in [0.717, 1.165) is 11.3 Å². The predicted molar refractivity (Wildman–Crippen MR) is 51.3 cm³/mol. The minimum absolute atomic E-state index is 0.143. The second kappa shape index (κ2) is 4.00. The van der Waals surface area contributed by atoms with Gasteiger partial charge in [-0.05, 0) is 31.9 Å². The van der Waals surface area contributed by atoms with Gasteiger partial charge < -0.3 is 5.73 Å². The molecule has 78 valence electrons. The van der Waals surface area contributed by atoms with Crippen LogP contribution in [0.5, 0.6) is 0 Å². The summed E-state index contributed by atoms with van der Waals surface area (Å²) in [5.74, 6) is 0. The van der Waals surface area contributed by atoms with Crippen LogP contribution < -0.4 is 5.73 Å². The van der Waals surface area contributed by atoms with Crippen LogP contribution >= 0.6 is 0 Å². The Labute approximate surface area is 82.1 Å². The largest absolute Gasteiger partial charge is 0.320 e. The summed E-state index contributed by atoms with van der Waals surface area (Å²) in [6, 6.07) is 3.50. The maximum Gasteiger partial charge on any atom is 0.256 e. The molecule has 0 fully saturated rings. The first kappa shape index (κ1) is 11.0. The summed E-state index contributed by atoms with van der Waals surface area (Å²) in [6.07, 6.45) is -0.749. The van der Waals surface area contributed by atoms with Crippen molar-refractivity contribution in [3.05, 3.63) is 29.6 Å². The van der Waals surface area contributed by atoms with Crippen LogP contribution in [-0.2, 0) is 6.42 Å². The minimum atomic E-state index is -2.53. The lowest BCUT2D eigenvalue weighted by atomic mass is 9.94. The van der Waals surface area contributed by atoms with E-state index >= 15 is 0 Å². The van der Waals surface area contributed by atoms with Crippen LogP contribution in [-0.4, -0.2) is 16.9 Å². The van der Waals surface area contributed by atoms with Crippen molar-refractivity contribution in [2.45, 2.75) is 32.2 Å². The van der Waals surface area contributed by atoms with E-state index in [2.05, 4.69) is 4.98 Å². The predicted octanol–water partition coefficient (Wildman–Crippen LogP) is 1.92. The van der Waals surface area contributed by atoms with Gasteiger partial charge in [-0.15, -0.1) is 0 Å². The zero-order valence-electron chi connectivity index (χ0n) is 8.30. The maximum atomic E-state index is 12.5. The van der Waals surface area contributed by atoms with Gasteiger partial charge >= 0.3 is 0 Å². The van der Waals surface area contributed by atoms with Crippen molar-refractivity contribution in [3.8, 4) is 0 Å². The van der Waals surface area contributed by atoms with E-state index in [1.54, 1.807) is 25.3 Å². The molecule has 0 saturated heterocycles. The summed E-state index contributed by atoms with van der Waals surface area (Å²) in [5, 5.41) is 0. The minimum Gasteiger partial charge on any atom is -0.320 e. The lowest BCUT2D eigenvalue weighted by Gasteiger charge is -2.23. The fourth-order valence-electron chi connectivity index (χ4n) is 1.19. The Hall–Kier alpha value is -1.03. The van der Waals surface area contributed by atoms with Crippen LogP contribution in [0.4, 0.5) is 8.78 Å². The molecule has 0 amide bonds. The SMILES string of the molecule is Cc1ncccc1CC(C)(N)C(F)F. The molecule has 1 rings (SSSR count). The van der Waals surface area contributed by atoms with Gasteiger partial charge in [-0.2, -0.15) is 0 Å². The number of halogens is 2. The summed E-state index contributed by atoms with van der Waals surface area (Å²) in [4.78, 5) is 4.02. The average molecular weight is 200 g/mol. The third-order valence-corrected chi connectivity index (χ3v) is 2.19. The van der Waals surface area contributed by atoms with Gasteiger partial charge in [-0.25, -0.2) is 8.78 Å². The van der Waals surface area contributed by atoms with Gasteiger partial charge in [0.2, 0.25) is 0 Å². The Bertz CT molecular complexity index is 311. The van der Waals surface area contributed by atoms with E-state index in [1.807, 2.05) is 0 Å². The Morgan fingerprint density at radius 3 is 2.71 bits per heavy atom. The quantitative estimate of drug-likeness (QED) is 0.809. The first-order chi connectivity index (χ1) is 6.43. The third-order valence-electron chi connectivity index (χ3n) is 2.19. The average Bonchev–Trinajstić information content (AvgIpc) is 2.08. The molecule has 0 bridgehead atoms. The van der Waals surface area contributed by atoms with Crippen LogP contribution in [0.3, 0.4) is 0 Å². The molecular weight excluding hydrogens is 186 g/mol. The van der Waals surface area contributed by atoms with E-state index in [9.17, 15) is 8.78 Å². The lowest BCUT2D eigenvalue weighted by molar-refractivity contribution is 0.0638. The van der Waals surface area contributed by atoms with Crippen LogP contribution in [0.25, 0.3) is 0 Å². The molecule has 0 saturated carbocycles. The summed E-state index contributed by atoms with van der Waals surface area (Å²) < 4.78 is 25.0. The number of rotatable bonds is 3. The Morgan fingerprint density at radius 1 is 1.57 bits per heavy atom. The number of alkyl halides is 2. The second-order valence-corrected chi connectivity index (χ2v) is 3.73. The molecular formula is C10H14F2N2. The molecule has 1 aromatic rings. The van der Waals surface area contributed by atoms with E-state index in [-0.39, 0.29) is 6.42 Å². The molecule has 1 heterocycles. The van der Waals surface area contributed by atoms with E-state index in [4.69, 9.17) is 5.73 Å². The van der Waals surface area contributed by atoms with Gasteiger partial charge in [-0.3, -0.25) is 4.98 Å². The summed E-state index contributed by atoms with van der Waals surface area (Å²) in [7, 11) is 0. The van der Waals surface area contributed by atoms with Crippen molar-refractivity contribution >= 4 is 0 Å². The fourth-order valence-corrected chi connectivity index (χ4v) is 1.19. The summed E-state index contributed by atoms with van der Waals surface area (Å²) >= 11 is 0. The van der Waals surface area contributed by atoms with Crippen LogP contribution in [0.15, 0.2) is 18.3 Å². The van der Waals surface area contributed by atoms with Crippen molar-refractivity contribution in [2.75, 3.05) is 0 Å². The molecule has 0 radical (unpaired) electrons. The summed E-state index contributed by atoms with van der Waals surface area (Å²) in [5.41, 5.74) is 5.53. The van der Waals surface area contributed by atoms with Gasteiger partial charge in [0.05, 0.1) is 5.54 Å². The van der Waals surface area contributed by atoms with Crippen LogP contribution in [0.2, 0.25) is 0 Å². The van der Waals surface area contributed by atoms with Crippen LogP contribution in [0.1, 0.15) is 18.2 Å². The Balaban J connectivity index is 2.84. The molecule has 0 spiro atoms. The Kier molecular flexibility index (Phi) is 3.16. The molecule has 1 aromatic heterocycles. The fraction of sp³-hybridized carbons (Fsp3) is 0.500. The monoisotopic (exact) mass is 200 g/mol. The highest BCUT2D eigenvalue weighted by Gasteiger charge is 2.30. The number of aryl methyl sites for hydroxylation is 1. The molecule has 0 aromatic carbocycles. The molecule has 1 atom stereocenters. The van der Waals surface area contributed by atoms with Gasteiger partial charge in [-0.1, -0.05) is 6.07 Å². The zero-order valence-corrected chi connectivity index (χ0v) is 8.30. The number of hydrogen-bond acceptors (Lipinski definition) is 2. The van der Waals surface area contributed by atoms with E-state index in [0.29, 0.717) is 0 Å². The zero-order chi connectivity index (χ0) is 10.8. The number of aromatic nitrogens is 1. The molecule has 1 unspecified atom stereocenters. The van der Waals surface area contributed by atoms with Crippen molar-refractivity contribution in [1.29, 1.82) is 0 Å². The first-order valence-electron chi connectivity index (χ1n) is 4.41. The third kappa shape index (κ3) is 2.48. The molecule has 0 aliphatic heterocycles. The van der Waals surface area contributed by atoms with Gasteiger partial charge in [0.1, 0.15) is 0 Å². The number of pyridine rings is 1. The molecule has 14 heavy (non-hydrogen) atoms. The first-order valence-corrected chi connectivity index (χ1v) is 4.41.